The Hall–Kier alpha value is -1.23. The van der Waals surface area contributed by atoms with E-state index in [9.17, 15) is 0 Å². The summed E-state index contributed by atoms with van der Waals surface area (Å²) in [6.07, 6.45) is 0.901. The van der Waals surface area contributed by atoms with E-state index in [1.165, 1.54) is 0 Å². The van der Waals surface area contributed by atoms with E-state index in [2.05, 4.69) is 15.9 Å². The average molecular weight is 369 g/mol. The molecule has 0 atom stereocenters. The SMILES string of the molecule is NCc1ccc(OCc2cc(Cl)cc3c2OCC3)c(Br)c1. The molecule has 2 aromatic rings. The van der Waals surface area contributed by atoms with E-state index in [0.29, 0.717) is 19.8 Å². The summed E-state index contributed by atoms with van der Waals surface area (Å²) >= 11 is 9.65. The van der Waals surface area contributed by atoms with Gasteiger partial charge in [0.1, 0.15) is 18.1 Å². The molecule has 0 fully saturated rings. The second-order valence-electron chi connectivity index (χ2n) is 4.91. The van der Waals surface area contributed by atoms with Crippen molar-refractivity contribution in [2.45, 2.75) is 19.6 Å². The van der Waals surface area contributed by atoms with Crippen LogP contribution in [0.3, 0.4) is 0 Å². The number of ether oxygens (including phenoxy) is 2. The van der Waals surface area contributed by atoms with Crippen LogP contribution in [0.4, 0.5) is 0 Å². The van der Waals surface area contributed by atoms with Gasteiger partial charge >= 0.3 is 0 Å². The lowest BCUT2D eigenvalue weighted by Gasteiger charge is -2.12. The molecule has 0 saturated heterocycles. The first-order chi connectivity index (χ1) is 10.2. The van der Waals surface area contributed by atoms with Gasteiger partial charge in [-0.3, -0.25) is 0 Å². The number of benzene rings is 2. The predicted molar refractivity (Wildman–Crippen MR) is 87.0 cm³/mol. The van der Waals surface area contributed by atoms with E-state index >= 15 is 0 Å². The molecule has 0 aromatic heterocycles. The maximum atomic E-state index is 6.15. The Bertz CT molecular complexity index is 676. The van der Waals surface area contributed by atoms with Gasteiger partial charge in [0.2, 0.25) is 0 Å². The summed E-state index contributed by atoms with van der Waals surface area (Å²) < 4.78 is 12.4. The third-order valence-corrected chi connectivity index (χ3v) is 4.28. The molecule has 0 bridgehead atoms. The number of hydrogen-bond acceptors (Lipinski definition) is 3. The van der Waals surface area contributed by atoms with Crippen LogP contribution < -0.4 is 15.2 Å². The van der Waals surface area contributed by atoms with Gasteiger partial charge in [0, 0.05) is 23.6 Å². The van der Waals surface area contributed by atoms with Crippen molar-refractivity contribution in [3.8, 4) is 11.5 Å². The molecule has 2 aromatic carbocycles. The highest BCUT2D eigenvalue weighted by molar-refractivity contribution is 9.10. The average Bonchev–Trinajstić information content (AvgIpc) is 2.93. The van der Waals surface area contributed by atoms with Crippen LogP contribution in [-0.4, -0.2) is 6.61 Å². The lowest BCUT2D eigenvalue weighted by molar-refractivity contribution is 0.290. The van der Waals surface area contributed by atoms with Gasteiger partial charge < -0.3 is 15.2 Å². The highest BCUT2D eigenvalue weighted by Crippen LogP contribution is 2.34. The van der Waals surface area contributed by atoms with Gasteiger partial charge in [-0.25, -0.2) is 0 Å². The molecule has 0 spiro atoms. The standard InChI is InChI=1S/C16H15BrClNO2/c17-14-5-10(8-19)1-2-15(14)21-9-12-7-13(18)6-11-3-4-20-16(11)12/h1-2,5-7H,3-4,8-9,19H2. The summed E-state index contributed by atoms with van der Waals surface area (Å²) in [6, 6.07) is 9.69. The van der Waals surface area contributed by atoms with E-state index in [-0.39, 0.29) is 0 Å². The van der Waals surface area contributed by atoms with Crippen LogP contribution >= 0.6 is 27.5 Å². The van der Waals surface area contributed by atoms with Gasteiger partial charge in [0.25, 0.3) is 0 Å². The zero-order valence-electron chi connectivity index (χ0n) is 11.4. The normalized spacial score (nSPS) is 12.9. The quantitative estimate of drug-likeness (QED) is 0.884. The number of hydrogen-bond donors (Lipinski definition) is 1. The van der Waals surface area contributed by atoms with Gasteiger partial charge in [0.05, 0.1) is 11.1 Å². The lowest BCUT2D eigenvalue weighted by atomic mass is 10.1. The maximum absolute atomic E-state index is 6.15. The summed E-state index contributed by atoms with van der Waals surface area (Å²) in [5.41, 5.74) is 8.80. The fourth-order valence-electron chi connectivity index (χ4n) is 2.40. The molecule has 110 valence electrons. The fourth-order valence-corrected chi connectivity index (χ4v) is 3.20. The van der Waals surface area contributed by atoms with Crippen molar-refractivity contribution in [3.63, 3.8) is 0 Å². The highest BCUT2D eigenvalue weighted by Gasteiger charge is 2.18. The van der Waals surface area contributed by atoms with Gasteiger partial charge in [0.15, 0.2) is 0 Å². The second-order valence-corrected chi connectivity index (χ2v) is 6.20. The van der Waals surface area contributed by atoms with Gasteiger partial charge in [-0.05, 0) is 51.3 Å². The minimum absolute atomic E-state index is 0.420. The van der Waals surface area contributed by atoms with Crippen molar-refractivity contribution in [3.05, 3.63) is 56.5 Å². The van der Waals surface area contributed by atoms with Gasteiger partial charge in [-0.15, -0.1) is 0 Å². The van der Waals surface area contributed by atoms with Crippen LogP contribution in [0.15, 0.2) is 34.8 Å². The van der Waals surface area contributed by atoms with E-state index in [1.807, 2.05) is 30.3 Å². The van der Waals surface area contributed by atoms with Crippen LogP contribution in [0.5, 0.6) is 11.5 Å². The Balaban J connectivity index is 1.79. The first-order valence-electron chi connectivity index (χ1n) is 6.73. The summed E-state index contributed by atoms with van der Waals surface area (Å²) in [5.74, 6) is 1.69. The highest BCUT2D eigenvalue weighted by atomic mass is 79.9. The second kappa shape index (κ2) is 6.26. The zero-order valence-corrected chi connectivity index (χ0v) is 13.7. The van der Waals surface area contributed by atoms with Crippen LogP contribution in [0.1, 0.15) is 16.7 Å². The number of fused-ring (bicyclic) bond motifs is 1. The Kier molecular flexibility index (Phi) is 4.38. The van der Waals surface area contributed by atoms with E-state index in [4.69, 9.17) is 26.8 Å². The van der Waals surface area contributed by atoms with Crippen LogP contribution in [-0.2, 0) is 19.6 Å². The maximum Gasteiger partial charge on any atom is 0.134 e. The molecule has 5 heteroatoms. The molecule has 1 heterocycles. The lowest BCUT2D eigenvalue weighted by Crippen LogP contribution is -2.00. The molecule has 2 N–H and O–H groups in total. The molecule has 0 radical (unpaired) electrons. The predicted octanol–water partition coefficient (Wildman–Crippen LogP) is 4.08. The molecule has 0 amide bonds. The van der Waals surface area contributed by atoms with E-state index < -0.39 is 0 Å². The molecule has 0 unspecified atom stereocenters. The molecular formula is C16H15BrClNO2. The molecule has 3 rings (SSSR count). The number of nitrogens with two attached hydrogens (primary N) is 1. The van der Waals surface area contributed by atoms with Crippen molar-refractivity contribution in [2.24, 2.45) is 5.73 Å². The Morgan fingerprint density at radius 1 is 1.29 bits per heavy atom. The van der Waals surface area contributed by atoms with E-state index in [1.54, 1.807) is 0 Å². The smallest absolute Gasteiger partial charge is 0.134 e. The van der Waals surface area contributed by atoms with Crippen LogP contribution in [0.25, 0.3) is 0 Å². The first kappa shape index (κ1) is 14.7. The third kappa shape index (κ3) is 3.18. The Labute approximate surface area is 137 Å². The molecule has 21 heavy (non-hydrogen) atoms. The van der Waals surface area contributed by atoms with Crippen molar-refractivity contribution < 1.29 is 9.47 Å². The molecule has 1 aliphatic rings. The summed E-state index contributed by atoms with van der Waals surface area (Å²) in [6.45, 7) is 1.63. The van der Waals surface area contributed by atoms with Crippen molar-refractivity contribution in [2.75, 3.05) is 6.61 Å². The first-order valence-corrected chi connectivity index (χ1v) is 7.90. The molecule has 1 aliphatic heterocycles. The summed E-state index contributed by atoms with van der Waals surface area (Å²) in [7, 11) is 0. The van der Waals surface area contributed by atoms with Crippen molar-refractivity contribution in [1.29, 1.82) is 0 Å². The zero-order chi connectivity index (χ0) is 14.8. The Morgan fingerprint density at radius 2 is 2.14 bits per heavy atom. The van der Waals surface area contributed by atoms with Gasteiger partial charge in [-0.1, -0.05) is 17.7 Å². The molecule has 3 nitrogen and oxygen atoms in total. The summed E-state index contributed by atoms with van der Waals surface area (Å²) in [4.78, 5) is 0. The minimum atomic E-state index is 0.420. The minimum Gasteiger partial charge on any atom is -0.493 e. The topological polar surface area (TPSA) is 44.5 Å². The Morgan fingerprint density at radius 3 is 2.90 bits per heavy atom. The van der Waals surface area contributed by atoms with Crippen LogP contribution in [0.2, 0.25) is 5.02 Å². The van der Waals surface area contributed by atoms with Crippen molar-refractivity contribution in [1.82, 2.24) is 0 Å². The largest absolute Gasteiger partial charge is 0.493 e. The van der Waals surface area contributed by atoms with Crippen LogP contribution in [0, 0.1) is 0 Å². The molecular weight excluding hydrogens is 354 g/mol. The fraction of sp³-hybridized carbons (Fsp3) is 0.250. The van der Waals surface area contributed by atoms with Crippen molar-refractivity contribution >= 4 is 27.5 Å². The van der Waals surface area contributed by atoms with Gasteiger partial charge in [-0.2, -0.15) is 0 Å². The monoisotopic (exact) mass is 367 g/mol. The molecule has 0 saturated carbocycles. The van der Waals surface area contributed by atoms with E-state index in [0.717, 1.165) is 44.1 Å². The number of halogens is 2. The third-order valence-electron chi connectivity index (χ3n) is 3.44. The number of rotatable bonds is 4. The molecule has 0 aliphatic carbocycles. The summed E-state index contributed by atoms with van der Waals surface area (Å²) in [5, 5.41) is 0.718.